The van der Waals surface area contributed by atoms with Crippen LogP contribution >= 0.6 is 28.7 Å². The highest BCUT2D eigenvalue weighted by Crippen LogP contribution is 2.26. The van der Waals surface area contributed by atoms with Crippen LogP contribution in [0.3, 0.4) is 0 Å². The number of rotatable bonds is 6. The topological polar surface area (TPSA) is 51.1 Å². The predicted octanol–water partition coefficient (Wildman–Crippen LogP) is 4.21. The number of benzene rings is 2. The van der Waals surface area contributed by atoms with Crippen molar-refractivity contribution in [2.45, 2.75) is 0 Å². The summed E-state index contributed by atoms with van der Waals surface area (Å²) in [7, 11) is 3.05. The highest BCUT2D eigenvalue weighted by Gasteiger charge is 2.23. The van der Waals surface area contributed by atoms with Crippen LogP contribution in [0.5, 0.6) is 11.5 Å². The molecule has 1 aliphatic rings. The molecule has 0 aromatic heterocycles. The van der Waals surface area contributed by atoms with Crippen LogP contribution < -0.4 is 14.4 Å². The Hall–Kier alpha value is -2.06. The molecule has 2 aromatic carbocycles. The summed E-state index contributed by atoms with van der Waals surface area (Å²) in [4.78, 5) is 19.0. The van der Waals surface area contributed by atoms with Gasteiger partial charge in [-0.2, -0.15) is 0 Å². The number of anilines is 1. The molecule has 144 valence electrons. The number of hydrogen-bond acceptors (Lipinski definition) is 6. The van der Waals surface area contributed by atoms with Gasteiger partial charge in [0.1, 0.15) is 17.3 Å². The minimum atomic E-state index is -0.593. The molecule has 0 amide bonds. The Morgan fingerprint density at radius 3 is 2.37 bits per heavy atom. The number of ketones is 1. The molecule has 0 saturated carbocycles. The molecular weight excluding hydrogens is 435 g/mol. The summed E-state index contributed by atoms with van der Waals surface area (Å²) < 4.78 is 24.4. The number of hydrogen-bond donors (Lipinski definition) is 0. The second kappa shape index (κ2) is 9.75. The van der Waals surface area contributed by atoms with E-state index in [9.17, 15) is 9.18 Å². The molecule has 0 bridgehead atoms. The Labute approximate surface area is 172 Å². The zero-order chi connectivity index (χ0) is 18.5. The second-order valence-electron chi connectivity index (χ2n) is 5.57. The summed E-state index contributed by atoms with van der Waals surface area (Å²) in [5.41, 5.74) is 0.842. The summed E-state index contributed by atoms with van der Waals surface area (Å²) >= 11 is 1.58. The normalized spacial score (nSPS) is 12.8. The van der Waals surface area contributed by atoms with Crippen molar-refractivity contribution in [3.63, 3.8) is 0 Å². The number of carbonyl (C=O) groups excluding carboxylic acids is 1. The van der Waals surface area contributed by atoms with Crippen LogP contribution in [0.4, 0.5) is 10.1 Å². The number of thioether (sulfide) groups is 1. The minimum Gasteiger partial charge on any atom is -0.497 e. The fourth-order valence-corrected chi connectivity index (χ4v) is 3.47. The summed E-state index contributed by atoms with van der Waals surface area (Å²) in [5, 5.41) is 0.762. The molecule has 27 heavy (non-hydrogen) atoms. The van der Waals surface area contributed by atoms with Crippen molar-refractivity contribution >= 4 is 45.4 Å². The first-order valence-electron chi connectivity index (χ1n) is 8.08. The lowest BCUT2D eigenvalue weighted by Gasteiger charge is -2.23. The van der Waals surface area contributed by atoms with Gasteiger partial charge in [0.15, 0.2) is 11.0 Å². The van der Waals surface area contributed by atoms with Crippen LogP contribution in [0.15, 0.2) is 47.5 Å². The van der Waals surface area contributed by atoms with Crippen LogP contribution in [-0.2, 0) is 0 Å². The van der Waals surface area contributed by atoms with Gasteiger partial charge in [0, 0.05) is 17.5 Å². The van der Waals surface area contributed by atoms with Crippen molar-refractivity contribution in [2.75, 3.05) is 38.0 Å². The molecule has 0 atom stereocenters. The van der Waals surface area contributed by atoms with Crippen molar-refractivity contribution < 1.29 is 18.7 Å². The first-order chi connectivity index (χ1) is 12.6. The van der Waals surface area contributed by atoms with E-state index in [0.29, 0.717) is 12.3 Å². The number of nitrogens with zero attached hydrogens (tertiary/aromatic N) is 2. The summed E-state index contributed by atoms with van der Waals surface area (Å²) in [6, 6.07) is 11.6. The van der Waals surface area contributed by atoms with Gasteiger partial charge in [-0.05, 0) is 36.4 Å². The average Bonchev–Trinajstić information content (AvgIpc) is 3.20. The first kappa shape index (κ1) is 21.2. The lowest BCUT2D eigenvalue weighted by molar-refractivity contribution is 0.0998. The van der Waals surface area contributed by atoms with E-state index in [1.807, 2.05) is 29.2 Å². The van der Waals surface area contributed by atoms with Crippen LogP contribution in [0.25, 0.3) is 0 Å². The van der Waals surface area contributed by atoms with E-state index >= 15 is 0 Å². The molecule has 0 radical (unpaired) electrons. The van der Waals surface area contributed by atoms with Crippen LogP contribution in [0.2, 0.25) is 0 Å². The van der Waals surface area contributed by atoms with Gasteiger partial charge in [-0.3, -0.25) is 9.79 Å². The van der Waals surface area contributed by atoms with E-state index in [2.05, 4.69) is 4.99 Å². The Kier molecular flexibility index (Phi) is 7.67. The maximum atomic E-state index is 14.2. The molecule has 1 heterocycles. The highest BCUT2D eigenvalue weighted by atomic mass is 79.9. The van der Waals surface area contributed by atoms with Crippen molar-refractivity contribution in [3.8, 4) is 11.5 Å². The molecule has 5 nitrogen and oxygen atoms in total. The quantitative estimate of drug-likeness (QED) is 0.611. The molecule has 8 heteroatoms. The Balaban J connectivity index is 0.00000261. The van der Waals surface area contributed by atoms with Crippen LogP contribution in [0, 0.1) is 5.82 Å². The number of ether oxygens (including phenoxy) is 2. The SMILES string of the molecule is Br.COc1ccc(N(CC(=O)c2ccc(OC)cc2F)C2=NCCS2)cc1. The van der Waals surface area contributed by atoms with Gasteiger partial charge in [-0.15, -0.1) is 17.0 Å². The molecule has 3 rings (SSSR count). The van der Waals surface area contributed by atoms with E-state index in [1.165, 1.54) is 19.2 Å². The molecule has 0 N–H and O–H groups in total. The van der Waals surface area contributed by atoms with Crippen molar-refractivity contribution in [3.05, 3.63) is 53.8 Å². The fourth-order valence-electron chi connectivity index (χ4n) is 2.60. The maximum Gasteiger partial charge on any atom is 0.185 e. The number of methoxy groups -OCH3 is 2. The molecule has 0 aliphatic carbocycles. The van der Waals surface area contributed by atoms with Crippen molar-refractivity contribution in [2.24, 2.45) is 4.99 Å². The summed E-state index contributed by atoms with van der Waals surface area (Å²) in [6.45, 7) is 0.707. The molecule has 0 fully saturated rings. The van der Waals surface area contributed by atoms with E-state index < -0.39 is 5.82 Å². The smallest absolute Gasteiger partial charge is 0.185 e. The number of aliphatic imine (C=N–C) groups is 1. The standard InChI is InChI=1S/C19H19FN2O3S.BrH/c1-24-14-5-3-13(4-6-14)22(19-21-9-10-26-19)12-18(23)16-8-7-15(25-2)11-17(16)20;/h3-8,11H,9-10,12H2,1-2H3;1H. The number of amidine groups is 1. The van der Waals surface area contributed by atoms with Gasteiger partial charge in [0.05, 0.1) is 32.9 Å². The lowest BCUT2D eigenvalue weighted by Crippen LogP contribution is -2.33. The van der Waals surface area contributed by atoms with Crippen molar-refractivity contribution in [1.29, 1.82) is 0 Å². The number of carbonyl (C=O) groups is 1. The van der Waals surface area contributed by atoms with Gasteiger partial charge >= 0.3 is 0 Å². The molecule has 0 spiro atoms. The highest BCUT2D eigenvalue weighted by molar-refractivity contribution is 8.93. The largest absolute Gasteiger partial charge is 0.497 e. The van der Waals surface area contributed by atoms with Gasteiger partial charge in [0.25, 0.3) is 0 Å². The zero-order valence-corrected chi connectivity index (χ0v) is 17.5. The van der Waals surface area contributed by atoms with Gasteiger partial charge in [-0.25, -0.2) is 4.39 Å². The summed E-state index contributed by atoms with van der Waals surface area (Å²) in [6.07, 6.45) is 0. The molecule has 2 aromatic rings. The maximum absolute atomic E-state index is 14.2. The van der Waals surface area contributed by atoms with E-state index in [0.717, 1.165) is 22.4 Å². The van der Waals surface area contributed by atoms with Gasteiger partial charge in [-0.1, -0.05) is 11.8 Å². The first-order valence-corrected chi connectivity index (χ1v) is 9.06. The Bertz CT molecular complexity index is 830. The lowest BCUT2D eigenvalue weighted by atomic mass is 10.1. The van der Waals surface area contributed by atoms with Gasteiger partial charge in [0.2, 0.25) is 0 Å². The van der Waals surface area contributed by atoms with Crippen LogP contribution in [0.1, 0.15) is 10.4 Å². The fraction of sp³-hybridized carbons (Fsp3) is 0.263. The Morgan fingerprint density at radius 2 is 1.81 bits per heavy atom. The van der Waals surface area contributed by atoms with E-state index in [1.54, 1.807) is 24.9 Å². The Morgan fingerprint density at radius 1 is 1.15 bits per heavy atom. The second-order valence-corrected chi connectivity index (χ2v) is 6.63. The number of halogens is 2. The summed E-state index contributed by atoms with van der Waals surface area (Å²) in [5.74, 6) is 1.05. The van der Waals surface area contributed by atoms with Gasteiger partial charge < -0.3 is 14.4 Å². The average molecular weight is 455 g/mol. The third-order valence-electron chi connectivity index (χ3n) is 3.96. The van der Waals surface area contributed by atoms with E-state index in [-0.39, 0.29) is 34.9 Å². The minimum absolute atomic E-state index is 0. The predicted molar refractivity (Wildman–Crippen MR) is 113 cm³/mol. The van der Waals surface area contributed by atoms with Crippen molar-refractivity contribution in [1.82, 2.24) is 0 Å². The molecule has 1 aliphatic heterocycles. The third kappa shape index (κ3) is 5.01. The van der Waals surface area contributed by atoms with Crippen LogP contribution in [-0.4, -0.2) is 44.0 Å². The molecule has 0 unspecified atom stereocenters. The van der Waals surface area contributed by atoms with E-state index in [4.69, 9.17) is 9.47 Å². The molecule has 0 saturated heterocycles. The molecular formula is C19H20BrFN2O3S. The zero-order valence-electron chi connectivity index (χ0n) is 15.0. The number of Topliss-reactive ketones (excluding diaryl/α,β-unsaturated/α-hetero) is 1. The monoisotopic (exact) mass is 454 g/mol. The third-order valence-corrected chi connectivity index (χ3v) is 4.96.